The van der Waals surface area contributed by atoms with Gasteiger partial charge in [-0.2, -0.15) is 0 Å². The van der Waals surface area contributed by atoms with E-state index < -0.39 is 0 Å². The maximum Gasteiger partial charge on any atom is 0.254 e. The van der Waals surface area contributed by atoms with E-state index in [0.717, 1.165) is 29.0 Å². The van der Waals surface area contributed by atoms with E-state index in [9.17, 15) is 9.59 Å². The first kappa shape index (κ1) is 29.6. The highest BCUT2D eigenvalue weighted by molar-refractivity contribution is 5.96. The summed E-state index contributed by atoms with van der Waals surface area (Å²) < 4.78 is 18.7. The summed E-state index contributed by atoms with van der Waals surface area (Å²) in [6.07, 6.45) is -0.232. The summed E-state index contributed by atoms with van der Waals surface area (Å²) >= 11 is 0. The summed E-state index contributed by atoms with van der Waals surface area (Å²) in [4.78, 5) is 32.2. The van der Waals surface area contributed by atoms with Gasteiger partial charge in [0, 0.05) is 44.4 Å². The molecule has 222 valence electrons. The van der Waals surface area contributed by atoms with Gasteiger partial charge in [-0.15, -0.1) is 0 Å². The first-order valence-electron chi connectivity index (χ1n) is 14.4. The second kappa shape index (κ2) is 13.4. The monoisotopic (exact) mass is 572 g/mol. The normalized spacial score (nSPS) is 19.8. The predicted octanol–water partition coefficient (Wildman–Crippen LogP) is 3.70. The molecule has 0 aromatic heterocycles. The highest BCUT2D eigenvalue weighted by atomic mass is 16.5. The van der Waals surface area contributed by atoms with Crippen molar-refractivity contribution >= 4 is 11.8 Å². The molecule has 1 saturated heterocycles. The van der Waals surface area contributed by atoms with Crippen LogP contribution in [0.25, 0.3) is 0 Å². The maximum atomic E-state index is 13.2. The smallest absolute Gasteiger partial charge is 0.254 e. The van der Waals surface area contributed by atoms with Crippen molar-refractivity contribution in [3.63, 3.8) is 0 Å². The zero-order valence-corrected chi connectivity index (χ0v) is 24.8. The minimum atomic E-state index is -0.248. The fourth-order valence-electron chi connectivity index (χ4n) is 5.27. The fourth-order valence-corrected chi connectivity index (χ4v) is 5.27. The Bertz CT molecular complexity index is 1410. The summed E-state index contributed by atoms with van der Waals surface area (Å²) in [5.41, 5.74) is 3.43. The average molecular weight is 573 g/mol. The predicted molar refractivity (Wildman–Crippen MR) is 161 cm³/mol. The molecule has 0 saturated carbocycles. The molecule has 1 fully saturated rings. The summed E-state index contributed by atoms with van der Waals surface area (Å²) in [6, 6.07) is 21.0. The third-order valence-corrected chi connectivity index (χ3v) is 7.60. The number of nitrogens with one attached hydrogen (secondary N) is 1. The molecule has 2 aliphatic heterocycles. The van der Waals surface area contributed by atoms with Crippen molar-refractivity contribution in [2.75, 3.05) is 53.9 Å². The van der Waals surface area contributed by atoms with Crippen molar-refractivity contribution in [1.82, 2.24) is 20.0 Å². The van der Waals surface area contributed by atoms with Gasteiger partial charge in [0.25, 0.3) is 5.91 Å². The van der Waals surface area contributed by atoms with Gasteiger partial charge in [-0.05, 0) is 62.5 Å². The highest BCUT2D eigenvalue weighted by Gasteiger charge is 2.35. The summed E-state index contributed by atoms with van der Waals surface area (Å²) in [5.74, 6) is 1.67. The summed E-state index contributed by atoms with van der Waals surface area (Å²) in [6.45, 7) is 5.62. The average Bonchev–Trinajstić information content (AvgIpc) is 3.33. The summed E-state index contributed by atoms with van der Waals surface area (Å²) in [5, 5.41) is 3.15. The number of aryl methyl sites for hydroxylation is 1. The Hall–Kier alpha value is -3.92. The van der Waals surface area contributed by atoms with E-state index in [-0.39, 0.29) is 30.5 Å². The number of hydrogen-bond donors (Lipinski definition) is 1. The van der Waals surface area contributed by atoms with Crippen LogP contribution in [0.1, 0.15) is 27.0 Å². The number of nitrogens with zero attached hydrogens (tertiary/aromatic N) is 3. The lowest BCUT2D eigenvalue weighted by molar-refractivity contribution is -0.123. The second-order valence-electron chi connectivity index (χ2n) is 11.4. The number of hydrogen-bond acceptors (Lipinski definition) is 7. The quantitative estimate of drug-likeness (QED) is 0.482. The number of fused-ring (bicyclic) bond motifs is 5. The van der Waals surface area contributed by atoms with Crippen molar-refractivity contribution in [2.45, 2.75) is 32.2 Å². The first-order valence-corrected chi connectivity index (χ1v) is 14.4. The lowest BCUT2D eigenvalue weighted by Crippen LogP contribution is -2.48. The van der Waals surface area contributed by atoms with Crippen LogP contribution in [-0.4, -0.2) is 92.6 Å². The molecule has 2 atom stereocenters. The van der Waals surface area contributed by atoms with Crippen molar-refractivity contribution < 1.29 is 23.8 Å². The minimum Gasteiger partial charge on any atom is -0.492 e. The van der Waals surface area contributed by atoms with Crippen molar-refractivity contribution in [2.24, 2.45) is 0 Å². The molecule has 2 heterocycles. The van der Waals surface area contributed by atoms with Gasteiger partial charge in [0.15, 0.2) is 0 Å². The zero-order chi connectivity index (χ0) is 29.6. The molecule has 42 heavy (non-hydrogen) atoms. The Morgan fingerprint density at radius 1 is 1.02 bits per heavy atom. The van der Waals surface area contributed by atoms with Crippen LogP contribution < -0.4 is 14.8 Å². The third-order valence-electron chi connectivity index (χ3n) is 7.60. The van der Waals surface area contributed by atoms with Gasteiger partial charge in [-0.25, -0.2) is 0 Å². The number of benzene rings is 3. The number of amides is 2. The van der Waals surface area contributed by atoms with E-state index in [1.165, 1.54) is 4.90 Å². The zero-order valence-electron chi connectivity index (χ0n) is 24.8. The van der Waals surface area contributed by atoms with Crippen LogP contribution in [0, 0.1) is 6.92 Å². The van der Waals surface area contributed by atoms with Crippen LogP contribution >= 0.6 is 0 Å². The van der Waals surface area contributed by atoms with Crippen molar-refractivity contribution in [1.29, 1.82) is 0 Å². The van der Waals surface area contributed by atoms with Crippen LogP contribution in [0.3, 0.4) is 0 Å². The Kier molecular flexibility index (Phi) is 9.41. The Morgan fingerprint density at radius 3 is 2.69 bits per heavy atom. The molecular formula is C33H40N4O5. The van der Waals surface area contributed by atoms with E-state index in [1.807, 2.05) is 69.6 Å². The molecule has 0 radical (unpaired) electrons. The molecule has 1 N–H and O–H groups in total. The van der Waals surface area contributed by atoms with E-state index in [1.54, 1.807) is 19.2 Å². The molecule has 2 aliphatic rings. The van der Waals surface area contributed by atoms with Crippen LogP contribution in [0.4, 0.5) is 0 Å². The topological polar surface area (TPSA) is 83.6 Å². The number of carbonyl (C=O) groups is 2. The fraction of sp³-hybridized carbons (Fsp3) is 0.394. The maximum absolute atomic E-state index is 13.2. The van der Waals surface area contributed by atoms with Gasteiger partial charge >= 0.3 is 0 Å². The molecule has 0 spiro atoms. The van der Waals surface area contributed by atoms with E-state index >= 15 is 0 Å². The Labute approximate surface area is 248 Å². The minimum absolute atomic E-state index is 0.0618. The molecule has 3 aromatic rings. The molecule has 5 rings (SSSR count). The van der Waals surface area contributed by atoms with Gasteiger partial charge in [-0.1, -0.05) is 36.4 Å². The Balaban J connectivity index is 1.35. The number of rotatable bonds is 6. The Morgan fingerprint density at radius 2 is 1.86 bits per heavy atom. The number of likely N-dealkylation sites (N-methyl/N-ethyl adjacent to an activating group) is 2. The standard InChI is InChI=1S/C33H40N4O5/c1-23-12-13-25-17-30(23)42-27-10-7-8-24(16-27)22-41-31-20-37(19-28(31)34-32(38)21-36(4)33(25)39)18-26-9-5-6-11-29(26)40-15-14-35(2)3/h5-13,16-17,28,31H,14-15,18-22H2,1-4H3,(H,34,38)/t28-,31-/m0/s1. The lowest BCUT2D eigenvalue weighted by Gasteiger charge is -2.23. The van der Waals surface area contributed by atoms with Crippen molar-refractivity contribution in [3.8, 4) is 17.2 Å². The van der Waals surface area contributed by atoms with Crippen LogP contribution in [-0.2, 0) is 22.7 Å². The molecule has 4 bridgehead atoms. The number of carbonyl (C=O) groups excluding carboxylic acids is 2. The molecule has 3 aromatic carbocycles. The lowest BCUT2D eigenvalue weighted by atomic mass is 10.1. The van der Waals surface area contributed by atoms with Crippen LogP contribution in [0.15, 0.2) is 66.7 Å². The van der Waals surface area contributed by atoms with Gasteiger partial charge in [0.05, 0.1) is 25.3 Å². The molecule has 0 unspecified atom stereocenters. The SMILES string of the molecule is Cc1ccc2cc1Oc1cccc(c1)CO[C@H]1CN(Cc3ccccc3OCCN(C)C)C[C@@H]1NC(=O)CN(C)C2=O. The van der Waals surface area contributed by atoms with Gasteiger partial charge in [-0.3, -0.25) is 14.5 Å². The van der Waals surface area contributed by atoms with E-state index in [2.05, 4.69) is 21.2 Å². The number of likely N-dealkylation sites (tertiary alicyclic amines) is 1. The van der Waals surface area contributed by atoms with Crippen LogP contribution in [0.2, 0.25) is 0 Å². The molecule has 0 aliphatic carbocycles. The molecular weight excluding hydrogens is 532 g/mol. The highest BCUT2D eigenvalue weighted by Crippen LogP contribution is 2.29. The number of para-hydroxylation sites is 1. The molecule has 9 heteroatoms. The van der Waals surface area contributed by atoms with Gasteiger partial charge in [0.1, 0.15) is 23.9 Å². The number of ether oxygens (including phenoxy) is 3. The third kappa shape index (κ3) is 7.47. The van der Waals surface area contributed by atoms with E-state index in [0.29, 0.717) is 49.9 Å². The molecule has 2 amide bonds. The van der Waals surface area contributed by atoms with Gasteiger partial charge < -0.3 is 29.3 Å². The largest absolute Gasteiger partial charge is 0.492 e. The first-order chi connectivity index (χ1) is 20.2. The van der Waals surface area contributed by atoms with Crippen molar-refractivity contribution in [3.05, 3.63) is 89.0 Å². The van der Waals surface area contributed by atoms with E-state index in [4.69, 9.17) is 14.2 Å². The van der Waals surface area contributed by atoms with Crippen LogP contribution in [0.5, 0.6) is 17.2 Å². The van der Waals surface area contributed by atoms with Gasteiger partial charge in [0.2, 0.25) is 5.91 Å². The summed E-state index contributed by atoms with van der Waals surface area (Å²) in [7, 11) is 5.69. The molecule has 9 nitrogen and oxygen atoms in total. The second-order valence-corrected chi connectivity index (χ2v) is 11.4.